The van der Waals surface area contributed by atoms with Crippen molar-refractivity contribution >= 4 is 15.9 Å². The molecule has 0 saturated carbocycles. The fourth-order valence-corrected chi connectivity index (χ4v) is 2.45. The molecule has 4 heteroatoms. The van der Waals surface area contributed by atoms with Crippen molar-refractivity contribution in [1.82, 2.24) is 15.1 Å². The first kappa shape index (κ1) is 11.9. The second kappa shape index (κ2) is 5.64. The predicted octanol–water partition coefficient (Wildman–Crippen LogP) is 2.73. The van der Waals surface area contributed by atoms with Crippen molar-refractivity contribution in [3.05, 3.63) is 29.0 Å². The highest BCUT2D eigenvalue weighted by molar-refractivity contribution is 9.10. The van der Waals surface area contributed by atoms with Crippen LogP contribution in [0.5, 0.6) is 0 Å². The Labute approximate surface area is 105 Å². The Morgan fingerprint density at radius 3 is 3.12 bits per heavy atom. The number of nitrogens with one attached hydrogen (secondary N) is 1. The number of hydrogen-bond acceptors (Lipinski definition) is 2. The van der Waals surface area contributed by atoms with Crippen molar-refractivity contribution in [2.24, 2.45) is 0 Å². The van der Waals surface area contributed by atoms with E-state index in [9.17, 15) is 0 Å². The van der Waals surface area contributed by atoms with Gasteiger partial charge < -0.3 is 5.32 Å². The summed E-state index contributed by atoms with van der Waals surface area (Å²) in [5, 5.41) is 7.91. The van der Waals surface area contributed by atoms with E-state index in [1.54, 1.807) is 0 Å². The van der Waals surface area contributed by atoms with Crippen LogP contribution in [0.2, 0.25) is 0 Å². The van der Waals surface area contributed by atoms with Gasteiger partial charge >= 0.3 is 0 Å². The lowest BCUT2D eigenvalue weighted by Gasteiger charge is -2.24. The van der Waals surface area contributed by atoms with Crippen LogP contribution in [0.1, 0.15) is 26.2 Å². The van der Waals surface area contributed by atoms with Crippen LogP contribution < -0.4 is 5.32 Å². The van der Waals surface area contributed by atoms with Crippen LogP contribution in [0.3, 0.4) is 0 Å². The Bertz CT molecular complexity index is 359. The maximum atomic E-state index is 4.26. The van der Waals surface area contributed by atoms with Gasteiger partial charge in [0.15, 0.2) is 0 Å². The monoisotopic (exact) mass is 283 g/mol. The van der Waals surface area contributed by atoms with Crippen molar-refractivity contribution < 1.29 is 0 Å². The molecular formula is C12H18BrN3. The van der Waals surface area contributed by atoms with E-state index in [-0.39, 0.29) is 0 Å². The Kier molecular flexibility index (Phi) is 4.18. The highest BCUT2D eigenvalue weighted by Gasteiger charge is 2.13. The summed E-state index contributed by atoms with van der Waals surface area (Å²) in [5.41, 5.74) is 0. The molecule has 2 atom stereocenters. The van der Waals surface area contributed by atoms with Gasteiger partial charge in [0.2, 0.25) is 0 Å². The van der Waals surface area contributed by atoms with Crippen LogP contribution in [0, 0.1) is 0 Å². The standard InChI is InChI=1S/C12H18BrN3/c1-10(8-16-9-11(13)7-14-16)15-12-5-3-2-4-6-12/h2-3,7,9-10,12,15H,4-6,8H2,1H3. The normalized spacial score (nSPS) is 22.2. The van der Waals surface area contributed by atoms with Crippen molar-refractivity contribution in [3.8, 4) is 0 Å². The van der Waals surface area contributed by atoms with Gasteiger partial charge in [-0.1, -0.05) is 12.2 Å². The SMILES string of the molecule is CC(Cn1cc(Br)cn1)NC1CC=CCC1. The average Bonchev–Trinajstić information content (AvgIpc) is 2.65. The summed E-state index contributed by atoms with van der Waals surface area (Å²) < 4.78 is 3.01. The zero-order valence-electron chi connectivity index (χ0n) is 9.56. The second-order valence-electron chi connectivity index (χ2n) is 4.43. The zero-order chi connectivity index (χ0) is 11.4. The van der Waals surface area contributed by atoms with Gasteiger partial charge in [-0.25, -0.2) is 0 Å². The number of aromatic nitrogens is 2. The largest absolute Gasteiger partial charge is 0.309 e. The minimum atomic E-state index is 0.461. The molecule has 1 aliphatic rings. The number of allylic oxidation sites excluding steroid dienone is 1. The van der Waals surface area contributed by atoms with Crippen LogP contribution >= 0.6 is 15.9 Å². The summed E-state index contributed by atoms with van der Waals surface area (Å²) >= 11 is 3.41. The average molecular weight is 284 g/mol. The van der Waals surface area contributed by atoms with Crippen molar-refractivity contribution in [3.63, 3.8) is 0 Å². The second-order valence-corrected chi connectivity index (χ2v) is 5.35. The van der Waals surface area contributed by atoms with Crippen LogP contribution in [-0.4, -0.2) is 21.9 Å². The van der Waals surface area contributed by atoms with E-state index in [0.717, 1.165) is 17.4 Å². The third-order valence-corrected chi connectivity index (χ3v) is 3.26. The molecule has 0 saturated heterocycles. The molecule has 1 heterocycles. The van der Waals surface area contributed by atoms with Gasteiger partial charge in [0.25, 0.3) is 0 Å². The van der Waals surface area contributed by atoms with Crippen molar-refractivity contribution in [1.29, 1.82) is 0 Å². The first-order valence-corrected chi connectivity index (χ1v) is 6.62. The molecule has 0 aliphatic heterocycles. The van der Waals surface area contributed by atoms with Gasteiger partial charge in [0, 0.05) is 18.3 Å². The molecule has 2 unspecified atom stereocenters. The first-order chi connectivity index (χ1) is 7.74. The Morgan fingerprint density at radius 2 is 2.50 bits per heavy atom. The van der Waals surface area contributed by atoms with Crippen LogP contribution in [0.25, 0.3) is 0 Å². The molecule has 0 spiro atoms. The number of halogens is 1. The van der Waals surface area contributed by atoms with E-state index >= 15 is 0 Å². The minimum Gasteiger partial charge on any atom is -0.309 e. The van der Waals surface area contributed by atoms with E-state index < -0.39 is 0 Å². The van der Waals surface area contributed by atoms with Crippen molar-refractivity contribution in [2.75, 3.05) is 0 Å². The molecule has 1 aromatic rings. The number of rotatable bonds is 4. The molecule has 0 aromatic carbocycles. The smallest absolute Gasteiger partial charge is 0.0632 e. The molecule has 88 valence electrons. The molecule has 1 aromatic heterocycles. The summed E-state index contributed by atoms with van der Waals surface area (Å²) in [6, 6.07) is 1.10. The Hall–Kier alpha value is -0.610. The summed E-state index contributed by atoms with van der Waals surface area (Å²) in [5.74, 6) is 0. The fraction of sp³-hybridized carbons (Fsp3) is 0.583. The highest BCUT2D eigenvalue weighted by Crippen LogP contribution is 2.12. The van der Waals surface area contributed by atoms with Gasteiger partial charge in [-0.2, -0.15) is 5.10 Å². The molecule has 1 N–H and O–H groups in total. The molecule has 0 amide bonds. The summed E-state index contributed by atoms with van der Waals surface area (Å²) in [6.07, 6.45) is 12.0. The van der Waals surface area contributed by atoms with Crippen molar-refractivity contribution in [2.45, 2.75) is 44.8 Å². The van der Waals surface area contributed by atoms with Crippen LogP contribution in [0.4, 0.5) is 0 Å². The van der Waals surface area contributed by atoms with Gasteiger partial charge in [-0.15, -0.1) is 0 Å². The fourth-order valence-electron chi connectivity index (χ4n) is 2.12. The minimum absolute atomic E-state index is 0.461. The van der Waals surface area contributed by atoms with E-state index in [1.165, 1.54) is 12.8 Å². The van der Waals surface area contributed by atoms with E-state index in [4.69, 9.17) is 0 Å². The maximum Gasteiger partial charge on any atom is 0.0632 e. The molecular weight excluding hydrogens is 266 g/mol. The number of nitrogens with zero attached hydrogens (tertiary/aromatic N) is 2. The summed E-state index contributed by atoms with van der Waals surface area (Å²) in [4.78, 5) is 0. The lowest BCUT2D eigenvalue weighted by molar-refractivity contribution is 0.376. The molecule has 16 heavy (non-hydrogen) atoms. The maximum absolute atomic E-state index is 4.26. The Morgan fingerprint density at radius 1 is 1.62 bits per heavy atom. The lowest BCUT2D eigenvalue weighted by Crippen LogP contribution is -2.39. The van der Waals surface area contributed by atoms with E-state index in [2.05, 4.69) is 45.4 Å². The molecule has 3 nitrogen and oxygen atoms in total. The van der Waals surface area contributed by atoms with Crippen LogP contribution in [0.15, 0.2) is 29.0 Å². The lowest BCUT2D eigenvalue weighted by atomic mass is 10.0. The first-order valence-electron chi connectivity index (χ1n) is 5.83. The third kappa shape index (κ3) is 3.46. The van der Waals surface area contributed by atoms with Gasteiger partial charge in [-0.05, 0) is 42.1 Å². The molecule has 1 aliphatic carbocycles. The topological polar surface area (TPSA) is 29.9 Å². The molecule has 0 bridgehead atoms. The van der Waals surface area contributed by atoms with Gasteiger partial charge in [-0.3, -0.25) is 4.68 Å². The highest BCUT2D eigenvalue weighted by atomic mass is 79.9. The molecule has 0 radical (unpaired) electrons. The number of hydrogen-bond donors (Lipinski definition) is 1. The molecule has 0 fully saturated rings. The summed E-state index contributed by atoms with van der Waals surface area (Å²) in [7, 11) is 0. The van der Waals surface area contributed by atoms with Gasteiger partial charge in [0.05, 0.1) is 17.2 Å². The van der Waals surface area contributed by atoms with Crippen LogP contribution in [-0.2, 0) is 6.54 Å². The van der Waals surface area contributed by atoms with E-state index in [0.29, 0.717) is 12.1 Å². The van der Waals surface area contributed by atoms with Gasteiger partial charge in [0.1, 0.15) is 0 Å². The quantitative estimate of drug-likeness (QED) is 0.862. The zero-order valence-corrected chi connectivity index (χ0v) is 11.2. The Balaban J connectivity index is 1.79. The summed E-state index contributed by atoms with van der Waals surface area (Å²) in [6.45, 7) is 3.14. The predicted molar refractivity (Wildman–Crippen MR) is 69.3 cm³/mol. The third-order valence-electron chi connectivity index (χ3n) is 2.85. The molecule has 2 rings (SSSR count). The van der Waals surface area contributed by atoms with E-state index in [1.807, 2.05) is 17.1 Å².